The molecule has 2 aromatic carbocycles. The Hall–Kier alpha value is -1.88. The van der Waals surface area contributed by atoms with E-state index in [0.717, 1.165) is 58.0 Å². The van der Waals surface area contributed by atoms with Crippen molar-refractivity contribution in [3.05, 3.63) is 65.7 Å². The van der Waals surface area contributed by atoms with E-state index in [1.54, 1.807) is 0 Å². The van der Waals surface area contributed by atoms with Gasteiger partial charge in [-0.15, -0.1) is 0 Å². The number of rotatable bonds is 9. The number of ether oxygens (including phenoxy) is 2. The highest BCUT2D eigenvalue weighted by Gasteiger charge is 2.14. The Morgan fingerprint density at radius 3 is 2.37 bits per heavy atom. The van der Waals surface area contributed by atoms with Crippen LogP contribution in [0.4, 0.5) is 0 Å². The fourth-order valence-corrected chi connectivity index (χ4v) is 3.35. The number of hydrogen-bond acceptors (Lipinski definition) is 4. The lowest BCUT2D eigenvalue weighted by Gasteiger charge is -2.26. The van der Waals surface area contributed by atoms with Crippen LogP contribution in [0.15, 0.2) is 54.6 Å². The Balaban J connectivity index is 1.57. The van der Waals surface area contributed by atoms with Gasteiger partial charge in [0.05, 0.1) is 13.2 Å². The second kappa shape index (κ2) is 10.5. The van der Waals surface area contributed by atoms with Crippen LogP contribution in [-0.4, -0.2) is 63.3 Å². The second-order valence-corrected chi connectivity index (χ2v) is 7.46. The van der Waals surface area contributed by atoms with Gasteiger partial charge in [-0.3, -0.25) is 4.90 Å². The smallest absolute Gasteiger partial charge is 0.125 e. The van der Waals surface area contributed by atoms with E-state index in [2.05, 4.69) is 78.5 Å². The van der Waals surface area contributed by atoms with E-state index >= 15 is 0 Å². The molecule has 0 bridgehead atoms. The molecule has 1 saturated heterocycles. The minimum Gasteiger partial charge on any atom is -0.486 e. The molecule has 0 amide bonds. The fourth-order valence-electron chi connectivity index (χ4n) is 3.35. The van der Waals surface area contributed by atoms with Crippen LogP contribution < -0.4 is 4.74 Å². The number of morpholine rings is 1. The zero-order valence-electron chi connectivity index (χ0n) is 16.6. The molecule has 0 radical (unpaired) electrons. The maximum atomic E-state index is 6.35. The Morgan fingerprint density at radius 1 is 1.00 bits per heavy atom. The van der Waals surface area contributed by atoms with Crippen molar-refractivity contribution >= 4 is 0 Å². The first-order chi connectivity index (χ1) is 13.2. The average molecular weight is 369 g/mol. The minimum absolute atomic E-state index is 0.0767. The second-order valence-electron chi connectivity index (χ2n) is 7.46. The van der Waals surface area contributed by atoms with E-state index in [-0.39, 0.29) is 6.10 Å². The molecule has 0 N–H and O–H groups in total. The van der Waals surface area contributed by atoms with Gasteiger partial charge in [-0.1, -0.05) is 42.5 Å². The van der Waals surface area contributed by atoms with E-state index in [1.807, 2.05) is 0 Å². The van der Waals surface area contributed by atoms with E-state index in [4.69, 9.17) is 9.47 Å². The first-order valence-corrected chi connectivity index (χ1v) is 9.96. The summed E-state index contributed by atoms with van der Waals surface area (Å²) >= 11 is 0. The van der Waals surface area contributed by atoms with Gasteiger partial charge in [-0.05, 0) is 43.8 Å². The summed E-state index contributed by atoms with van der Waals surface area (Å²) in [5.74, 6) is 0.942. The van der Waals surface area contributed by atoms with Gasteiger partial charge in [0.1, 0.15) is 11.9 Å². The normalized spacial score (nSPS) is 16.4. The maximum Gasteiger partial charge on any atom is 0.125 e. The first-order valence-electron chi connectivity index (χ1n) is 9.96. The lowest BCUT2D eigenvalue weighted by Crippen LogP contribution is -2.37. The first kappa shape index (κ1) is 19.9. The number of nitrogens with zero attached hydrogens (tertiary/aromatic N) is 2. The van der Waals surface area contributed by atoms with Gasteiger partial charge in [-0.25, -0.2) is 0 Å². The van der Waals surface area contributed by atoms with Crippen LogP contribution in [0, 0.1) is 0 Å². The van der Waals surface area contributed by atoms with Crippen molar-refractivity contribution in [3.8, 4) is 5.75 Å². The van der Waals surface area contributed by atoms with E-state index in [0.29, 0.717) is 0 Å². The van der Waals surface area contributed by atoms with Gasteiger partial charge < -0.3 is 14.4 Å². The zero-order chi connectivity index (χ0) is 18.9. The highest BCUT2D eigenvalue weighted by Crippen LogP contribution is 2.25. The predicted octanol–water partition coefficient (Wildman–Crippen LogP) is 3.63. The van der Waals surface area contributed by atoms with Gasteiger partial charge in [0.2, 0.25) is 0 Å². The molecule has 0 aromatic heterocycles. The van der Waals surface area contributed by atoms with Crippen molar-refractivity contribution in [2.24, 2.45) is 0 Å². The summed E-state index contributed by atoms with van der Waals surface area (Å²) in [4.78, 5) is 4.68. The summed E-state index contributed by atoms with van der Waals surface area (Å²) < 4.78 is 11.8. The highest BCUT2D eigenvalue weighted by molar-refractivity contribution is 5.29. The van der Waals surface area contributed by atoms with Gasteiger partial charge in [0, 0.05) is 32.6 Å². The molecule has 0 aliphatic carbocycles. The van der Waals surface area contributed by atoms with Crippen molar-refractivity contribution < 1.29 is 9.47 Å². The molecule has 0 spiro atoms. The molecule has 1 atom stereocenters. The third kappa shape index (κ3) is 6.65. The highest BCUT2D eigenvalue weighted by atomic mass is 16.5. The van der Waals surface area contributed by atoms with Crippen molar-refractivity contribution in [1.82, 2.24) is 9.80 Å². The molecule has 0 saturated carbocycles. The largest absolute Gasteiger partial charge is 0.486 e. The molecule has 3 rings (SSSR count). The van der Waals surface area contributed by atoms with Gasteiger partial charge >= 0.3 is 0 Å². The van der Waals surface area contributed by atoms with Crippen LogP contribution >= 0.6 is 0 Å². The van der Waals surface area contributed by atoms with Crippen molar-refractivity contribution in [2.75, 3.05) is 53.5 Å². The Morgan fingerprint density at radius 2 is 1.70 bits per heavy atom. The zero-order valence-corrected chi connectivity index (χ0v) is 16.6. The monoisotopic (exact) mass is 368 g/mol. The van der Waals surface area contributed by atoms with Crippen LogP contribution in [0.25, 0.3) is 0 Å². The molecule has 1 unspecified atom stereocenters. The van der Waals surface area contributed by atoms with Gasteiger partial charge in [0.25, 0.3) is 0 Å². The Kier molecular flexibility index (Phi) is 7.69. The molecule has 4 heteroatoms. The van der Waals surface area contributed by atoms with Crippen LogP contribution in [0.3, 0.4) is 0 Å². The molecular weight excluding hydrogens is 336 g/mol. The van der Waals surface area contributed by atoms with E-state index in [9.17, 15) is 0 Å². The summed E-state index contributed by atoms with van der Waals surface area (Å²) in [6, 6.07) is 19.1. The third-order valence-electron chi connectivity index (χ3n) is 5.03. The number of benzene rings is 2. The van der Waals surface area contributed by atoms with Crippen molar-refractivity contribution in [2.45, 2.75) is 18.9 Å². The van der Waals surface area contributed by atoms with E-state index < -0.39 is 0 Å². The average Bonchev–Trinajstić information content (AvgIpc) is 2.72. The molecule has 4 nitrogen and oxygen atoms in total. The van der Waals surface area contributed by atoms with Crippen molar-refractivity contribution in [3.63, 3.8) is 0 Å². The third-order valence-corrected chi connectivity index (χ3v) is 5.03. The topological polar surface area (TPSA) is 24.9 Å². The Labute approximate surface area is 163 Å². The Bertz CT molecular complexity index is 652. The standard InChI is InChI=1S/C23H32N2O2/c1-24(2)14-13-23(21-6-4-3-5-7-21)27-22-10-8-20(9-11-22)12-15-25-16-18-26-19-17-25/h3-11,23H,12-19H2,1-2H3. The summed E-state index contributed by atoms with van der Waals surface area (Å²) in [6.07, 6.45) is 2.12. The summed E-state index contributed by atoms with van der Waals surface area (Å²) in [6.45, 7) is 5.91. The summed E-state index contributed by atoms with van der Waals surface area (Å²) in [5, 5.41) is 0. The lowest BCUT2D eigenvalue weighted by molar-refractivity contribution is 0.0384. The summed E-state index contributed by atoms with van der Waals surface area (Å²) in [5.41, 5.74) is 2.59. The SMILES string of the molecule is CN(C)CCC(Oc1ccc(CCN2CCOCC2)cc1)c1ccccc1. The minimum atomic E-state index is 0.0767. The molecule has 1 aliphatic rings. The lowest BCUT2D eigenvalue weighted by atomic mass is 10.1. The van der Waals surface area contributed by atoms with Crippen LogP contribution in [0.2, 0.25) is 0 Å². The fraction of sp³-hybridized carbons (Fsp3) is 0.478. The summed E-state index contributed by atoms with van der Waals surface area (Å²) in [7, 11) is 4.20. The molecule has 27 heavy (non-hydrogen) atoms. The van der Waals surface area contributed by atoms with Crippen molar-refractivity contribution in [1.29, 1.82) is 0 Å². The quantitative estimate of drug-likeness (QED) is 0.675. The molecular formula is C23H32N2O2. The van der Waals surface area contributed by atoms with Crippen LogP contribution in [0.1, 0.15) is 23.7 Å². The van der Waals surface area contributed by atoms with Crippen LogP contribution in [0.5, 0.6) is 5.75 Å². The molecule has 2 aromatic rings. The van der Waals surface area contributed by atoms with Gasteiger partial charge in [0.15, 0.2) is 0 Å². The maximum absolute atomic E-state index is 6.35. The number of hydrogen-bond donors (Lipinski definition) is 0. The molecule has 1 fully saturated rings. The van der Waals surface area contributed by atoms with E-state index in [1.165, 1.54) is 11.1 Å². The predicted molar refractivity (Wildman–Crippen MR) is 110 cm³/mol. The van der Waals surface area contributed by atoms with Crippen LogP contribution in [-0.2, 0) is 11.2 Å². The van der Waals surface area contributed by atoms with Gasteiger partial charge in [-0.2, -0.15) is 0 Å². The molecule has 1 aliphatic heterocycles. The molecule has 1 heterocycles. The molecule has 146 valence electrons.